The van der Waals surface area contributed by atoms with E-state index in [0.29, 0.717) is 41.4 Å². The minimum Gasteiger partial charge on any atom is -0.461 e. The number of ether oxygens (including phenoxy) is 2. The van der Waals surface area contributed by atoms with Gasteiger partial charge in [0.2, 0.25) is 0 Å². The van der Waals surface area contributed by atoms with Crippen molar-refractivity contribution in [2.45, 2.75) is 65.5 Å². The highest BCUT2D eigenvalue weighted by Gasteiger charge is 2.38. The van der Waals surface area contributed by atoms with Crippen LogP contribution in [0, 0.1) is 0 Å². The number of aromatic nitrogens is 3. The molecular weight excluding hydrogens is 512 g/mol. The SMILES string of the molecule is CCOC(=O)c1c(-c2ccc(C(=O)Nc3cc(CC)ccn3)cc2)nc([C@@H]2CCCN2C(=O)OC(C)(C)C)n1N. The number of imidazole rings is 1. The van der Waals surface area contributed by atoms with Gasteiger partial charge in [0.25, 0.3) is 5.91 Å². The topological polar surface area (TPSA) is 142 Å². The maximum atomic E-state index is 13.0. The van der Waals surface area contributed by atoms with Crippen molar-refractivity contribution in [3.8, 4) is 11.3 Å². The summed E-state index contributed by atoms with van der Waals surface area (Å²) < 4.78 is 12.1. The standard InChI is InChI=1S/C29H36N6O5/c1-6-18-14-15-31-22(17-18)32-26(36)20-12-10-19(11-13-20)23-24(27(37)39-7-2)35(30)25(33-23)21-9-8-16-34(21)28(38)40-29(3,4)5/h10-15,17,21H,6-9,16,30H2,1-5H3,(H,31,32,36)/t21-/m0/s1. The number of amides is 2. The Labute approximate surface area is 233 Å². The number of nitrogens with one attached hydrogen (secondary N) is 1. The molecule has 11 heteroatoms. The molecule has 0 spiro atoms. The molecule has 3 N–H and O–H groups in total. The van der Waals surface area contributed by atoms with Crippen molar-refractivity contribution in [3.05, 3.63) is 65.2 Å². The Balaban J connectivity index is 1.65. The van der Waals surface area contributed by atoms with Gasteiger partial charge in [0.15, 0.2) is 11.5 Å². The number of hydrogen-bond acceptors (Lipinski definition) is 8. The van der Waals surface area contributed by atoms with Crippen LogP contribution in [-0.2, 0) is 15.9 Å². The van der Waals surface area contributed by atoms with Gasteiger partial charge in [-0.25, -0.2) is 24.2 Å². The van der Waals surface area contributed by atoms with Gasteiger partial charge in [0, 0.05) is 23.9 Å². The van der Waals surface area contributed by atoms with Gasteiger partial charge in [0.05, 0.1) is 12.6 Å². The zero-order valence-electron chi connectivity index (χ0n) is 23.6. The van der Waals surface area contributed by atoms with Crippen molar-refractivity contribution >= 4 is 23.8 Å². The van der Waals surface area contributed by atoms with Crippen molar-refractivity contribution in [3.63, 3.8) is 0 Å². The van der Waals surface area contributed by atoms with E-state index in [1.54, 1.807) is 63.1 Å². The number of hydrogen-bond donors (Lipinski definition) is 2. The van der Waals surface area contributed by atoms with Crippen molar-refractivity contribution in [1.82, 2.24) is 19.5 Å². The molecule has 11 nitrogen and oxygen atoms in total. The predicted molar refractivity (Wildman–Crippen MR) is 150 cm³/mol. The van der Waals surface area contributed by atoms with E-state index in [0.717, 1.165) is 18.4 Å². The number of carbonyl (C=O) groups excluding carboxylic acids is 3. The van der Waals surface area contributed by atoms with E-state index in [-0.39, 0.29) is 18.2 Å². The third-order valence-corrected chi connectivity index (χ3v) is 6.48. The number of nitrogens with zero attached hydrogens (tertiary/aromatic N) is 4. The van der Waals surface area contributed by atoms with E-state index in [4.69, 9.17) is 20.3 Å². The summed E-state index contributed by atoms with van der Waals surface area (Å²) in [6.45, 7) is 9.78. The van der Waals surface area contributed by atoms with Gasteiger partial charge in [-0.05, 0) is 76.8 Å². The maximum absolute atomic E-state index is 13.0. The first-order valence-corrected chi connectivity index (χ1v) is 13.4. The monoisotopic (exact) mass is 548 g/mol. The van der Waals surface area contributed by atoms with E-state index >= 15 is 0 Å². The van der Waals surface area contributed by atoms with Crippen LogP contribution in [0.3, 0.4) is 0 Å². The molecule has 0 unspecified atom stereocenters. The van der Waals surface area contributed by atoms with Crippen LogP contribution >= 0.6 is 0 Å². The highest BCUT2D eigenvalue weighted by Crippen LogP contribution is 2.35. The normalized spacial score (nSPS) is 15.1. The van der Waals surface area contributed by atoms with Gasteiger partial charge in [-0.2, -0.15) is 0 Å². The van der Waals surface area contributed by atoms with E-state index in [9.17, 15) is 14.4 Å². The summed E-state index contributed by atoms with van der Waals surface area (Å²) in [4.78, 5) is 49.3. The first-order chi connectivity index (χ1) is 19.0. The minimum absolute atomic E-state index is 0.0608. The molecule has 4 rings (SSSR count). The summed E-state index contributed by atoms with van der Waals surface area (Å²) in [6, 6.07) is 9.92. The average molecular weight is 549 g/mol. The van der Waals surface area contributed by atoms with Gasteiger partial charge < -0.3 is 20.6 Å². The van der Waals surface area contributed by atoms with Crippen LogP contribution in [0.4, 0.5) is 10.6 Å². The van der Waals surface area contributed by atoms with Gasteiger partial charge in [-0.3, -0.25) is 9.69 Å². The van der Waals surface area contributed by atoms with E-state index < -0.39 is 23.7 Å². The van der Waals surface area contributed by atoms with Crippen LogP contribution in [0.25, 0.3) is 11.3 Å². The zero-order valence-corrected chi connectivity index (χ0v) is 23.6. The molecule has 1 atom stereocenters. The van der Waals surface area contributed by atoms with Gasteiger partial charge >= 0.3 is 12.1 Å². The summed E-state index contributed by atoms with van der Waals surface area (Å²) >= 11 is 0. The number of nitrogen functional groups attached to an aromatic ring is 1. The third kappa shape index (κ3) is 6.24. The average Bonchev–Trinajstić information content (AvgIpc) is 3.52. The fourth-order valence-electron chi connectivity index (χ4n) is 4.59. The second-order valence-corrected chi connectivity index (χ2v) is 10.5. The highest BCUT2D eigenvalue weighted by molar-refractivity contribution is 6.04. The number of aryl methyl sites for hydroxylation is 1. The molecule has 1 saturated heterocycles. The number of carbonyl (C=O) groups is 3. The maximum Gasteiger partial charge on any atom is 0.410 e. The molecule has 212 valence electrons. The lowest BCUT2D eigenvalue weighted by molar-refractivity contribution is 0.0216. The Bertz CT molecular complexity index is 1390. The smallest absolute Gasteiger partial charge is 0.410 e. The number of nitrogens with two attached hydrogens (primary N) is 1. The van der Waals surface area contributed by atoms with Crippen molar-refractivity contribution in [2.24, 2.45) is 0 Å². The lowest BCUT2D eigenvalue weighted by Crippen LogP contribution is -2.37. The van der Waals surface area contributed by atoms with Crippen LogP contribution in [0.5, 0.6) is 0 Å². The second-order valence-electron chi connectivity index (χ2n) is 10.5. The second kappa shape index (κ2) is 11.8. The molecule has 0 aliphatic carbocycles. The summed E-state index contributed by atoms with van der Waals surface area (Å²) in [7, 11) is 0. The molecule has 2 amide bonds. The molecule has 1 fully saturated rings. The molecule has 2 aromatic heterocycles. The lowest BCUT2D eigenvalue weighted by atomic mass is 10.1. The number of esters is 1. The number of anilines is 1. The lowest BCUT2D eigenvalue weighted by Gasteiger charge is -2.28. The van der Waals surface area contributed by atoms with Crippen molar-refractivity contribution < 1.29 is 23.9 Å². The molecule has 1 aliphatic rings. The first-order valence-electron chi connectivity index (χ1n) is 13.4. The summed E-state index contributed by atoms with van der Waals surface area (Å²) in [6.07, 6.45) is 3.37. The van der Waals surface area contributed by atoms with Crippen LogP contribution < -0.4 is 11.2 Å². The molecule has 3 heterocycles. The zero-order chi connectivity index (χ0) is 29.0. The van der Waals surface area contributed by atoms with E-state index in [2.05, 4.69) is 10.3 Å². The van der Waals surface area contributed by atoms with Crippen LogP contribution in [0.2, 0.25) is 0 Å². The minimum atomic E-state index is -0.660. The number of pyridine rings is 1. The van der Waals surface area contributed by atoms with Gasteiger partial charge in [-0.1, -0.05) is 19.1 Å². The molecular formula is C29H36N6O5. The number of benzene rings is 1. The molecule has 1 aromatic carbocycles. The first kappa shape index (κ1) is 28.6. The highest BCUT2D eigenvalue weighted by atomic mass is 16.6. The quantitative estimate of drug-likeness (QED) is 0.319. The van der Waals surface area contributed by atoms with Crippen LogP contribution in [0.15, 0.2) is 42.6 Å². The molecule has 0 bridgehead atoms. The molecule has 1 aliphatic heterocycles. The Morgan fingerprint density at radius 1 is 1.12 bits per heavy atom. The third-order valence-electron chi connectivity index (χ3n) is 6.48. The molecule has 0 radical (unpaired) electrons. The Morgan fingerprint density at radius 2 is 1.85 bits per heavy atom. The number of likely N-dealkylation sites (tertiary alicyclic amines) is 1. The summed E-state index contributed by atoms with van der Waals surface area (Å²) in [5.74, 6) is 6.30. The van der Waals surface area contributed by atoms with E-state index in [1.165, 1.54) is 4.68 Å². The fourth-order valence-corrected chi connectivity index (χ4v) is 4.59. The van der Waals surface area contributed by atoms with Crippen LogP contribution in [-0.4, -0.2) is 56.3 Å². The Hall–Kier alpha value is -4.41. The Kier molecular flexibility index (Phi) is 8.41. The molecule has 40 heavy (non-hydrogen) atoms. The van der Waals surface area contributed by atoms with Crippen LogP contribution in [0.1, 0.15) is 85.7 Å². The van der Waals surface area contributed by atoms with Gasteiger partial charge in [-0.15, -0.1) is 0 Å². The molecule has 3 aromatic rings. The van der Waals surface area contributed by atoms with Gasteiger partial charge in [0.1, 0.15) is 17.1 Å². The van der Waals surface area contributed by atoms with Crippen molar-refractivity contribution in [2.75, 3.05) is 24.3 Å². The molecule has 0 saturated carbocycles. The van der Waals surface area contributed by atoms with Crippen molar-refractivity contribution in [1.29, 1.82) is 0 Å². The summed E-state index contributed by atoms with van der Waals surface area (Å²) in [5.41, 5.74) is 1.74. The Morgan fingerprint density at radius 3 is 2.50 bits per heavy atom. The predicted octanol–water partition coefficient (Wildman–Crippen LogP) is 4.72. The fraction of sp³-hybridized carbons (Fsp3) is 0.414. The van der Waals surface area contributed by atoms with E-state index in [1.807, 2.05) is 19.1 Å². The largest absolute Gasteiger partial charge is 0.461 e. The number of rotatable bonds is 7. The summed E-state index contributed by atoms with van der Waals surface area (Å²) in [5, 5.41) is 2.81.